The lowest BCUT2D eigenvalue weighted by molar-refractivity contribution is 0.0693. The predicted molar refractivity (Wildman–Crippen MR) is 48.5 cm³/mol. The number of hydrogen-bond acceptors (Lipinski definition) is 4. The van der Waals surface area contributed by atoms with Gasteiger partial charge >= 0.3 is 5.97 Å². The zero-order valence-electron chi connectivity index (χ0n) is 7.23. The molecule has 0 bridgehead atoms. The standard InChI is InChI=1S/C9H9NO4/c10-4-7(11)5-2-1-3-6(8(5)12)9(13)14/h1-3,12H,4,10H2,(H,13,14). The number of carboxylic acids is 1. The summed E-state index contributed by atoms with van der Waals surface area (Å²) < 4.78 is 0. The van der Waals surface area contributed by atoms with Crippen molar-refractivity contribution in [3.63, 3.8) is 0 Å². The molecular weight excluding hydrogens is 186 g/mol. The van der Waals surface area contributed by atoms with E-state index in [0.717, 1.165) is 0 Å². The lowest BCUT2D eigenvalue weighted by atomic mass is 10.1. The van der Waals surface area contributed by atoms with Gasteiger partial charge in [-0.15, -0.1) is 0 Å². The first-order chi connectivity index (χ1) is 6.57. The van der Waals surface area contributed by atoms with Gasteiger partial charge < -0.3 is 15.9 Å². The summed E-state index contributed by atoms with van der Waals surface area (Å²) in [4.78, 5) is 21.7. The van der Waals surface area contributed by atoms with Crippen molar-refractivity contribution in [1.82, 2.24) is 0 Å². The number of nitrogens with two attached hydrogens (primary N) is 1. The van der Waals surface area contributed by atoms with Crippen LogP contribution < -0.4 is 5.73 Å². The fourth-order valence-electron chi connectivity index (χ4n) is 1.05. The molecule has 0 spiro atoms. The highest BCUT2D eigenvalue weighted by atomic mass is 16.4. The first-order valence-corrected chi connectivity index (χ1v) is 3.86. The molecule has 0 aliphatic rings. The number of benzene rings is 1. The van der Waals surface area contributed by atoms with Crippen molar-refractivity contribution in [1.29, 1.82) is 0 Å². The molecule has 0 heterocycles. The fourth-order valence-corrected chi connectivity index (χ4v) is 1.05. The largest absolute Gasteiger partial charge is 0.506 e. The third-order valence-electron chi connectivity index (χ3n) is 1.75. The summed E-state index contributed by atoms with van der Waals surface area (Å²) in [5, 5.41) is 18.0. The summed E-state index contributed by atoms with van der Waals surface area (Å²) in [7, 11) is 0. The molecule has 0 aromatic heterocycles. The molecule has 0 atom stereocenters. The van der Waals surface area contributed by atoms with Crippen molar-refractivity contribution >= 4 is 11.8 Å². The maximum Gasteiger partial charge on any atom is 0.339 e. The van der Waals surface area contributed by atoms with Crippen LogP contribution in [-0.2, 0) is 0 Å². The van der Waals surface area contributed by atoms with E-state index in [-0.39, 0.29) is 17.7 Å². The van der Waals surface area contributed by atoms with Gasteiger partial charge in [0.05, 0.1) is 12.1 Å². The van der Waals surface area contributed by atoms with E-state index in [1.165, 1.54) is 18.2 Å². The van der Waals surface area contributed by atoms with Gasteiger partial charge in [0.2, 0.25) is 0 Å². The molecule has 74 valence electrons. The van der Waals surface area contributed by atoms with Crippen LogP contribution in [0.3, 0.4) is 0 Å². The van der Waals surface area contributed by atoms with E-state index in [9.17, 15) is 14.7 Å². The number of rotatable bonds is 3. The second-order valence-corrected chi connectivity index (χ2v) is 2.63. The Kier molecular flexibility index (Phi) is 2.83. The molecule has 0 amide bonds. The number of Topliss-reactive ketones (excluding diaryl/α,β-unsaturated/α-hetero) is 1. The van der Waals surface area contributed by atoms with Crippen LogP contribution in [0.25, 0.3) is 0 Å². The van der Waals surface area contributed by atoms with E-state index >= 15 is 0 Å². The van der Waals surface area contributed by atoms with E-state index in [1.807, 2.05) is 0 Å². The maximum atomic E-state index is 11.1. The smallest absolute Gasteiger partial charge is 0.339 e. The number of aromatic carboxylic acids is 1. The second-order valence-electron chi connectivity index (χ2n) is 2.63. The molecule has 0 saturated heterocycles. The van der Waals surface area contributed by atoms with Crippen molar-refractivity contribution in [3.8, 4) is 5.75 Å². The third-order valence-corrected chi connectivity index (χ3v) is 1.75. The Morgan fingerprint density at radius 2 is 1.86 bits per heavy atom. The van der Waals surface area contributed by atoms with E-state index in [4.69, 9.17) is 10.8 Å². The predicted octanol–water partition coefficient (Wildman–Crippen LogP) is 0.232. The van der Waals surface area contributed by atoms with Crippen LogP contribution in [0.15, 0.2) is 18.2 Å². The van der Waals surface area contributed by atoms with Gasteiger partial charge in [0.25, 0.3) is 0 Å². The van der Waals surface area contributed by atoms with Crippen molar-refractivity contribution in [2.45, 2.75) is 0 Å². The molecule has 14 heavy (non-hydrogen) atoms. The van der Waals surface area contributed by atoms with Crippen LogP contribution in [0.5, 0.6) is 5.75 Å². The highest BCUT2D eigenvalue weighted by Gasteiger charge is 2.16. The summed E-state index contributed by atoms with van der Waals surface area (Å²) in [6.45, 7) is -0.267. The Morgan fingerprint density at radius 3 is 2.36 bits per heavy atom. The third kappa shape index (κ3) is 1.72. The van der Waals surface area contributed by atoms with Crippen LogP contribution in [-0.4, -0.2) is 28.5 Å². The summed E-state index contributed by atoms with van der Waals surface area (Å²) in [6.07, 6.45) is 0. The quantitative estimate of drug-likeness (QED) is 0.599. The number of para-hydroxylation sites is 1. The molecule has 0 fully saturated rings. The molecule has 0 radical (unpaired) electrons. The van der Waals surface area contributed by atoms with Crippen LogP contribution in [0.1, 0.15) is 20.7 Å². The van der Waals surface area contributed by atoms with Crippen molar-refractivity contribution in [2.24, 2.45) is 5.73 Å². The number of carboxylic acid groups (broad SMARTS) is 1. The number of carbonyl (C=O) groups excluding carboxylic acids is 1. The molecule has 1 aromatic rings. The van der Waals surface area contributed by atoms with Gasteiger partial charge in [-0.1, -0.05) is 6.07 Å². The van der Waals surface area contributed by atoms with Gasteiger partial charge in [0.15, 0.2) is 5.78 Å². The van der Waals surface area contributed by atoms with Crippen molar-refractivity contribution < 1.29 is 19.8 Å². The molecule has 0 saturated carbocycles. The SMILES string of the molecule is NCC(=O)c1cccc(C(=O)O)c1O. The molecule has 5 heteroatoms. The number of ketones is 1. The van der Waals surface area contributed by atoms with Crippen LogP contribution in [0, 0.1) is 0 Å². The Labute approximate surface area is 79.8 Å². The fraction of sp³-hybridized carbons (Fsp3) is 0.111. The topological polar surface area (TPSA) is 101 Å². The normalized spacial score (nSPS) is 9.79. The van der Waals surface area contributed by atoms with Crippen molar-refractivity contribution in [3.05, 3.63) is 29.3 Å². The minimum Gasteiger partial charge on any atom is -0.506 e. The molecular formula is C9H9NO4. The van der Waals surface area contributed by atoms with Gasteiger partial charge in [-0.3, -0.25) is 4.79 Å². The highest BCUT2D eigenvalue weighted by molar-refractivity contribution is 6.03. The van der Waals surface area contributed by atoms with Crippen LogP contribution in [0.4, 0.5) is 0 Å². The van der Waals surface area contributed by atoms with Gasteiger partial charge in [-0.25, -0.2) is 4.79 Å². The second kappa shape index (κ2) is 3.89. The highest BCUT2D eigenvalue weighted by Crippen LogP contribution is 2.22. The summed E-state index contributed by atoms with van der Waals surface area (Å²) in [5.74, 6) is -2.31. The lowest BCUT2D eigenvalue weighted by Crippen LogP contribution is -2.14. The molecule has 1 aromatic carbocycles. The zero-order valence-corrected chi connectivity index (χ0v) is 7.23. The molecule has 0 aliphatic carbocycles. The van der Waals surface area contributed by atoms with E-state index in [2.05, 4.69) is 0 Å². The lowest BCUT2D eigenvalue weighted by Gasteiger charge is -2.04. The summed E-state index contributed by atoms with van der Waals surface area (Å²) in [5.41, 5.74) is 4.73. The molecule has 5 nitrogen and oxygen atoms in total. The first kappa shape index (κ1) is 10.2. The van der Waals surface area contributed by atoms with E-state index in [1.54, 1.807) is 0 Å². The Morgan fingerprint density at radius 1 is 1.29 bits per heavy atom. The number of carbonyl (C=O) groups is 2. The molecule has 4 N–H and O–H groups in total. The van der Waals surface area contributed by atoms with E-state index in [0.29, 0.717) is 0 Å². The van der Waals surface area contributed by atoms with Crippen LogP contribution >= 0.6 is 0 Å². The molecule has 0 unspecified atom stereocenters. The Hall–Kier alpha value is -1.88. The van der Waals surface area contributed by atoms with Crippen LogP contribution in [0.2, 0.25) is 0 Å². The monoisotopic (exact) mass is 195 g/mol. The average molecular weight is 195 g/mol. The van der Waals surface area contributed by atoms with Gasteiger partial charge in [-0.05, 0) is 12.1 Å². The number of hydrogen-bond donors (Lipinski definition) is 3. The molecule has 0 aliphatic heterocycles. The molecule has 1 rings (SSSR count). The van der Waals surface area contributed by atoms with Gasteiger partial charge in [0, 0.05) is 0 Å². The number of aromatic hydroxyl groups is 1. The van der Waals surface area contributed by atoms with Gasteiger partial charge in [0.1, 0.15) is 11.3 Å². The summed E-state index contributed by atoms with van der Waals surface area (Å²) in [6, 6.07) is 3.92. The Bertz CT molecular complexity index is 386. The Balaban J connectivity index is 3.27. The van der Waals surface area contributed by atoms with E-state index < -0.39 is 17.5 Å². The average Bonchev–Trinajstić information content (AvgIpc) is 2.16. The first-order valence-electron chi connectivity index (χ1n) is 3.86. The minimum absolute atomic E-state index is 0.0626. The number of phenols is 1. The maximum absolute atomic E-state index is 11.1. The zero-order chi connectivity index (χ0) is 10.7. The van der Waals surface area contributed by atoms with Crippen molar-refractivity contribution in [2.75, 3.05) is 6.54 Å². The minimum atomic E-state index is -1.28. The van der Waals surface area contributed by atoms with Gasteiger partial charge in [-0.2, -0.15) is 0 Å². The summed E-state index contributed by atoms with van der Waals surface area (Å²) >= 11 is 0.